The molecule has 8 nitrogen and oxygen atoms in total. The molecular formula is C26H32Cl4N8S2. The second-order valence-corrected chi connectivity index (χ2v) is 11.5. The average molecular weight is 663 g/mol. The molecule has 2 aromatic rings. The standard InChI is InChI=1S/C26H32Cl4N8S2/c27-21-5-3-19(23(29)15-21)17-33-35-25(39)31-7-1-9-37-11-13-38(14-12-37)10-2-8-32-26(40)36-34-18-20-4-6-22(28)16-24(20)30/h3-6,15-18H,1-2,7-14H2,(H2,31,35,39)(H2,32,36,40)/b33-17+,34-18?. The Labute approximate surface area is 266 Å². The van der Waals surface area contributed by atoms with Gasteiger partial charge in [0.05, 0.1) is 22.5 Å². The summed E-state index contributed by atoms with van der Waals surface area (Å²) in [6.07, 6.45) is 5.22. The molecule has 1 aliphatic rings. The summed E-state index contributed by atoms with van der Waals surface area (Å²) in [5.41, 5.74) is 7.15. The summed E-state index contributed by atoms with van der Waals surface area (Å²) in [5, 5.41) is 17.8. The van der Waals surface area contributed by atoms with Gasteiger partial charge in [-0.3, -0.25) is 10.9 Å². The molecule has 0 radical (unpaired) electrons. The number of hydrogen-bond acceptors (Lipinski definition) is 6. The van der Waals surface area contributed by atoms with Gasteiger partial charge in [-0.05, 0) is 74.6 Å². The zero-order chi connectivity index (χ0) is 28.7. The van der Waals surface area contributed by atoms with E-state index in [4.69, 9.17) is 70.8 Å². The fraction of sp³-hybridized carbons (Fsp3) is 0.385. The fourth-order valence-electron chi connectivity index (χ4n) is 3.86. The van der Waals surface area contributed by atoms with Crippen molar-refractivity contribution >= 4 is 93.5 Å². The number of nitrogens with one attached hydrogen (secondary N) is 4. The maximum Gasteiger partial charge on any atom is 0.186 e. The summed E-state index contributed by atoms with van der Waals surface area (Å²) in [7, 11) is 0. The molecule has 0 amide bonds. The lowest BCUT2D eigenvalue weighted by Crippen LogP contribution is -2.47. The minimum absolute atomic E-state index is 0.479. The van der Waals surface area contributed by atoms with Crippen LogP contribution < -0.4 is 21.5 Å². The van der Waals surface area contributed by atoms with Gasteiger partial charge in [-0.2, -0.15) is 10.2 Å². The van der Waals surface area contributed by atoms with Crippen molar-refractivity contribution in [3.05, 3.63) is 67.6 Å². The van der Waals surface area contributed by atoms with Gasteiger partial charge < -0.3 is 20.4 Å². The van der Waals surface area contributed by atoms with Crippen LogP contribution in [0.2, 0.25) is 20.1 Å². The molecule has 4 N–H and O–H groups in total. The van der Waals surface area contributed by atoms with Crippen molar-refractivity contribution in [3.8, 4) is 0 Å². The van der Waals surface area contributed by atoms with E-state index in [0.717, 1.165) is 76.3 Å². The van der Waals surface area contributed by atoms with E-state index < -0.39 is 0 Å². The van der Waals surface area contributed by atoms with E-state index in [9.17, 15) is 0 Å². The van der Waals surface area contributed by atoms with Crippen LogP contribution in [0.4, 0.5) is 0 Å². The van der Waals surface area contributed by atoms with Gasteiger partial charge in [-0.15, -0.1) is 0 Å². The molecule has 0 unspecified atom stereocenters. The minimum Gasteiger partial charge on any atom is -0.361 e. The minimum atomic E-state index is 0.479. The van der Waals surface area contributed by atoms with Gasteiger partial charge in [0.1, 0.15) is 0 Å². The monoisotopic (exact) mass is 660 g/mol. The molecule has 0 spiro atoms. The van der Waals surface area contributed by atoms with Gasteiger partial charge >= 0.3 is 0 Å². The van der Waals surface area contributed by atoms with Crippen molar-refractivity contribution in [2.45, 2.75) is 12.8 Å². The Morgan fingerprint density at radius 2 is 1.10 bits per heavy atom. The van der Waals surface area contributed by atoms with E-state index in [1.807, 2.05) is 0 Å². The summed E-state index contributed by atoms with van der Waals surface area (Å²) in [6.45, 7) is 7.84. The molecule has 1 aliphatic heterocycles. The fourth-order valence-corrected chi connectivity index (χ4v) is 5.08. The molecule has 1 heterocycles. The van der Waals surface area contributed by atoms with Gasteiger partial charge in [-0.1, -0.05) is 58.5 Å². The van der Waals surface area contributed by atoms with Crippen LogP contribution in [0.5, 0.6) is 0 Å². The lowest BCUT2D eigenvalue weighted by Gasteiger charge is -2.34. The molecule has 2 aromatic carbocycles. The highest BCUT2D eigenvalue weighted by atomic mass is 35.5. The lowest BCUT2D eigenvalue weighted by atomic mass is 10.2. The van der Waals surface area contributed by atoms with Crippen molar-refractivity contribution in [3.63, 3.8) is 0 Å². The average Bonchev–Trinajstić information content (AvgIpc) is 2.92. The third-order valence-electron chi connectivity index (χ3n) is 6.00. The van der Waals surface area contributed by atoms with E-state index in [-0.39, 0.29) is 0 Å². The topological polar surface area (TPSA) is 79.3 Å². The number of piperazine rings is 1. The third kappa shape index (κ3) is 12.4. The van der Waals surface area contributed by atoms with Crippen LogP contribution >= 0.6 is 70.8 Å². The molecule has 216 valence electrons. The van der Waals surface area contributed by atoms with E-state index in [1.165, 1.54) is 0 Å². The molecule has 1 saturated heterocycles. The van der Waals surface area contributed by atoms with Crippen molar-refractivity contribution in [2.75, 3.05) is 52.4 Å². The Balaban J connectivity index is 1.18. The highest BCUT2D eigenvalue weighted by Crippen LogP contribution is 2.20. The third-order valence-corrected chi connectivity index (χ3v) is 7.60. The second-order valence-electron chi connectivity index (χ2n) is 8.97. The number of thiocarbonyl (C=S) groups is 2. The lowest BCUT2D eigenvalue weighted by molar-refractivity contribution is 0.131. The summed E-state index contributed by atoms with van der Waals surface area (Å²) in [4.78, 5) is 4.97. The van der Waals surface area contributed by atoms with E-state index in [2.05, 4.69) is 41.5 Å². The summed E-state index contributed by atoms with van der Waals surface area (Å²) >= 11 is 34.6. The van der Waals surface area contributed by atoms with E-state index in [0.29, 0.717) is 30.3 Å². The van der Waals surface area contributed by atoms with Gasteiger partial charge in [0.15, 0.2) is 10.2 Å². The summed E-state index contributed by atoms with van der Waals surface area (Å²) < 4.78 is 0. The van der Waals surface area contributed by atoms with Crippen LogP contribution in [0.25, 0.3) is 0 Å². The van der Waals surface area contributed by atoms with E-state index in [1.54, 1.807) is 48.8 Å². The largest absolute Gasteiger partial charge is 0.361 e. The maximum absolute atomic E-state index is 6.13. The van der Waals surface area contributed by atoms with Gasteiger partial charge in [0, 0.05) is 60.4 Å². The maximum atomic E-state index is 6.13. The van der Waals surface area contributed by atoms with Crippen molar-refractivity contribution in [1.29, 1.82) is 0 Å². The first-order chi connectivity index (χ1) is 19.3. The Morgan fingerprint density at radius 1 is 0.700 bits per heavy atom. The number of halogens is 4. The second kappa shape index (κ2) is 17.9. The van der Waals surface area contributed by atoms with Crippen molar-refractivity contribution in [1.82, 2.24) is 31.3 Å². The number of hydrazone groups is 2. The molecule has 0 atom stereocenters. The predicted octanol–water partition coefficient (Wildman–Crippen LogP) is 4.99. The van der Waals surface area contributed by atoms with Crippen molar-refractivity contribution in [2.24, 2.45) is 10.2 Å². The summed E-state index contributed by atoms with van der Waals surface area (Å²) in [6, 6.07) is 10.5. The molecular weight excluding hydrogens is 630 g/mol. The highest BCUT2D eigenvalue weighted by molar-refractivity contribution is 7.80. The molecule has 40 heavy (non-hydrogen) atoms. The SMILES string of the molecule is S=C(NCCCN1CCN(CCCNC(=S)N/N=C/c2ccc(Cl)cc2Cl)CC1)NN=Cc1ccc(Cl)cc1Cl. The molecule has 0 aromatic heterocycles. The quantitative estimate of drug-likeness (QED) is 0.110. The van der Waals surface area contributed by atoms with Gasteiger partial charge in [0.25, 0.3) is 0 Å². The normalized spacial score (nSPS) is 14.5. The first-order valence-corrected chi connectivity index (χ1v) is 15.1. The predicted molar refractivity (Wildman–Crippen MR) is 178 cm³/mol. The molecule has 0 aliphatic carbocycles. The zero-order valence-corrected chi connectivity index (χ0v) is 26.5. The molecule has 0 saturated carbocycles. The van der Waals surface area contributed by atoms with Crippen molar-refractivity contribution < 1.29 is 0 Å². The smallest absolute Gasteiger partial charge is 0.186 e. The number of benzene rings is 2. The van der Waals surface area contributed by atoms with Gasteiger partial charge in [-0.25, -0.2) is 0 Å². The van der Waals surface area contributed by atoms with Crippen LogP contribution in [0.1, 0.15) is 24.0 Å². The zero-order valence-electron chi connectivity index (χ0n) is 21.8. The number of nitrogens with zero attached hydrogens (tertiary/aromatic N) is 4. The summed E-state index contributed by atoms with van der Waals surface area (Å²) in [5.74, 6) is 0. The number of rotatable bonds is 12. The molecule has 14 heteroatoms. The Bertz CT molecular complexity index is 1100. The number of hydrogen-bond donors (Lipinski definition) is 4. The van der Waals surface area contributed by atoms with Crippen LogP contribution in [-0.2, 0) is 0 Å². The van der Waals surface area contributed by atoms with Gasteiger partial charge in [0.2, 0.25) is 0 Å². The molecule has 3 rings (SSSR count). The van der Waals surface area contributed by atoms with Crippen LogP contribution in [0.15, 0.2) is 46.6 Å². The Morgan fingerprint density at radius 3 is 1.48 bits per heavy atom. The van der Waals surface area contributed by atoms with Crippen LogP contribution in [0, 0.1) is 0 Å². The van der Waals surface area contributed by atoms with Crippen LogP contribution in [-0.4, -0.2) is 84.8 Å². The first kappa shape index (κ1) is 32.8. The van der Waals surface area contributed by atoms with E-state index >= 15 is 0 Å². The Hall–Kier alpha value is -1.76. The first-order valence-electron chi connectivity index (χ1n) is 12.8. The Kier molecular flexibility index (Phi) is 14.7. The molecule has 0 bridgehead atoms. The molecule has 1 fully saturated rings. The van der Waals surface area contributed by atoms with Crippen LogP contribution in [0.3, 0.4) is 0 Å². The highest BCUT2D eigenvalue weighted by Gasteiger charge is 2.15.